The molecule has 0 bridgehead atoms. The van der Waals surface area contributed by atoms with E-state index in [2.05, 4.69) is 0 Å². The molecule has 0 radical (unpaired) electrons. The molecule has 2 saturated carbocycles. The van der Waals surface area contributed by atoms with Crippen LogP contribution in [0.1, 0.15) is 26.2 Å². The van der Waals surface area contributed by atoms with E-state index in [1.807, 2.05) is 0 Å². The standard InChI is InChI=1S/C16H16ClNO4S/c1-9(19)14-12(20)8-16-7-6-13(16)18(15(14)16)23(21,22)11-4-2-10(17)3-5-11/h2-5,13-15H,6-8H2,1H3. The van der Waals surface area contributed by atoms with Gasteiger partial charge in [0.05, 0.1) is 10.8 Å². The van der Waals surface area contributed by atoms with Crippen molar-refractivity contribution in [3.63, 3.8) is 0 Å². The molecular formula is C16H16ClNO4S. The highest BCUT2D eigenvalue weighted by atomic mass is 35.5. The summed E-state index contributed by atoms with van der Waals surface area (Å²) in [6.45, 7) is 1.38. The maximum Gasteiger partial charge on any atom is 0.243 e. The van der Waals surface area contributed by atoms with Gasteiger partial charge in [0.2, 0.25) is 10.0 Å². The third-order valence-electron chi connectivity index (χ3n) is 5.71. The van der Waals surface area contributed by atoms with Gasteiger partial charge in [0.1, 0.15) is 11.6 Å². The van der Waals surface area contributed by atoms with Crippen molar-refractivity contribution in [2.45, 2.75) is 43.2 Å². The summed E-state index contributed by atoms with van der Waals surface area (Å²) in [5, 5.41) is 0.461. The SMILES string of the molecule is CC(=O)C1C(=O)CC23CCC2N(S(=O)(=O)c2ccc(Cl)cc2)C13. The second kappa shape index (κ2) is 4.65. The number of sulfonamides is 1. The number of carbonyl (C=O) groups is 2. The summed E-state index contributed by atoms with van der Waals surface area (Å²) in [4.78, 5) is 24.3. The Morgan fingerprint density at radius 3 is 2.48 bits per heavy atom. The van der Waals surface area contributed by atoms with Gasteiger partial charge in [-0.1, -0.05) is 11.6 Å². The van der Waals surface area contributed by atoms with Crippen molar-refractivity contribution in [1.29, 1.82) is 0 Å². The summed E-state index contributed by atoms with van der Waals surface area (Å²) in [6.07, 6.45) is 1.91. The van der Waals surface area contributed by atoms with Crippen molar-refractivity contribution < 1.29 is 18.0 Å². The fraction of sp³-hybridized carbons (Fsp3) is 0.500. The Balaban J connectivity index is 1.76. The molecule has 4 atom stereocenters. The molecule has 0 N–H and O–H groups in total. The molecule has 1 aromatic carbocycles. The number of rotatable bonds is 3. The monoisotopic (exact) mass is 353 g/mol. The van der Waals surface area contributed by atoms with Crippen LogP contribution < -0.4 is 0 Å². The van der Waals surface area contributed by atoms with Gasteiger partial charge in [0.15, 0.2) is 0 Å². The Morgan fingerprint density at radius 1 is 1.30 bits per heavy atom. The minimum atomic E-state index is -3.73. The molecule has 4 unspecified atom stereocenters. The molecular weight excluding hydrogens is 338 g/mol. The van der Waals surface area contributed by atoms with Gasteiger partial charge in [-0.15, -0.1) is 0 Å². The van der Waals surface area contributed by atoms with Gasteiger partial charge in [-0.25, -0.2) is 8.42 Å². The van der Waals surface area contributed by atoms with Crippen molar-refractivity contribution in [1.82, 2.24) is 4.31 Å². The van der Waals surface area contributed by atoms with Crippen LogP contribution in [0.4, 0.5) is 0 Å². The van der Waals surface area contributed by atoms with Crippen LogP contribution in [0.25, 0.3) is 0 Å². The van der Waals surface area contributed by atoms with Crippen molar-refractivity contribution in [2.75, 3.05) is 0 Å². The molecule has 23 heavy (non-hydrogen) atoms. The Kier molecular flexibility index (Phi) is 3.09. The predicted molar refractivity (Wildman–Crippen MR) is 83.5 cm³/mol. The van der Waals surface area contributed by atoms with Gasteiger partial charge in [-0.05, 0) is 44.0 Å². The van der Waals surface area contributed by atoms with Gasteiger partial charge in [0.25, 0.3) is 0 Å². The van der Waals surface area contributed by atoms with E-state index in [9.17, 15) is 18.0 Å². The lowest BCUT2D eigenvalue weighted by molar-refractivity contribution is -0.155. The molecule has 1 aromatic rings. The lowest BCUT2D eigenvalue weighted by atomic mass is 9.54. The maximum atomic E-state index is 13.0. The maximum absolute atomic E-state index is 13.0. The number of nitrogens with zero attached hydrogens (tertiary/aromatic N) is 1. The Labute approximate surface area is 139 Å². The number of benzene rings is 1. The smallest absolute Gasteiger partial charge is 0.243 e. The van der Waals surface area contributed by atoms with Gasteiger partial charge in [-0.2, -0.15) is 4.31 Å². The highest BCUT2D eigenvalue weighted by Gasteiger charge is 2.76. The Morgan fingerprint density at radius 2 is 1.96 bits per heavy atom. The molecule has 3 aliphatic rings. The number of Topliss-reactive ketones (excluding diaryl/α,β-unsaturated/α-hetero) is 2. The minimum Gasteiger partial charge on any atom is -0.299 e. The van der Waals surface area contributed by atoms with E-state index < -0.39 is 22.0 Å². The normalized spacial score (nSPS) is 35.9. The highest BCUT2D eigenvalue weighted by molar-refractivity contribution is 7.89. The Hall–Kier alpha value is -1.24. The van der Waals surface area contributed by atoms with E-state index in [1.54, 1.807) is 0 Å². The second-order valence-electron chi connectivity index (χ2n) is 6.75. The zero-order valence-electron chi connectivity index (χ0n) is 12.5. The predicted octanol–water partition coefficient (Wildman–Crippen LogP) is 2.04. The average Bonchev–Trinajstić information content (AvgIpc) is 2.76. The average molecular weight is 354 g/mol. The van der Waals surface area contributed by atoms with E-state index >= 15 is 0 Å². The molecule has 3 fully saturated rings. The van der Waals surface area contributed by atoms with E-state index in [1.165, 1.54) is 35.5 Å². The fourth-order valence-corrected chi connectivity index (χ4v) is 6.76. The van der Waals surface area contributed by atoms with E-state index in [0.29, 0.717) is 11.4 Å². The van der Waals surface area contributed by atoms with Crippen molar-refractivity contribution >= 4 is 33.2 Å². The van der Waals surface area contributed by atoms with Crippen LogP contribution in [0, 0.1) is 11.3 Å². The first-order valence-corrected chi connectivity index (χ1v) is 9.43. The summed E-state index contributed by atoms with van der Waals surface area (Å²) < 4.78 is 27.4. The number of hydrogen-bond donors (Lipinski definition) is 0. The molecule has 1 saturated heterocycles. The zero-order chi connectivity index (χ0) is 16.6. The zero-order valence-corrected chi connectivity index (χ0v) is 14.1. The lowest BCUT2D eigenvalue weighted by Crippen LogP contribution is -2.77. The quantitative estimate of drug-likeness (QED) is 0.779. The summed E-state index contributed by atoms with van der Waals surface area (Å²) in [6, 6.07) is 5.34. The van der Waals surface area contributed by atoms with Crippen LogP contribution in [0.15, 0.2) is 29.2 Å². The number of carbonyl (C=O) groups excluding carboxylic acids is 2. The molecule has 5 nitrogen and oxygen atoms in total. The van der Waals surface area contributed by atoms with E-state index in [-0.39, 0.29) is 27.9 Å². The van der Waals surface area contributed by atoms with Crippen LogP contribution in [0.3, 0.4) is 0 Å². The van der Waals surface area contributed by atoms with Crippen molar-refractivity contribution in [3.05, 3.63) is 29.3 Å². The summed E-state index contributed by atoms with van der Waals surface area (Å²) >= 11 is 5.83. The van der Waals surface area contributed by atoms with E-state index in [0.717, 1.165) is 12.8 Å². The van der Waals surface area contributed by atoms with Crippen LogP contribution in [-0.2, 0) is 19.6 Å². The minimum absolute atomic E-state index is 0.110. The topological polar surface area (TPSA) is 71.5 Å². The van der Waals surface area contributed by atoms with E-state index in [4.69, 9.17) is 11.6 Å². The molecule has 0 amide bonds. The molecule has 1 spiro atoms. The first-order valence-electron chi connectivity index (χ1n) is 7.61. The number of ketones is 2. The van der Waals surface area contributed by atoms with Crippen LogP contribution in [-0.4, -0.2) is 36.4 Å². The highest BCUT2D eigenvalue weighted by Crippen LogP contribution is 2.67. The first kappa shape index (κ1) is 15.3. The van der Waals surface area contributed by atoms with Crippen LogP contribution >= 0.6 is 11.6 Å². The number of hydrogen-bond acceptors (Lipinski definition) is 4. The fourth-order valence-electron chi connectivity index (χ4n) is 4.63. The third-order valence-corrected chi connectivity index (χ3v) is 7.87. The molecule has 1 aliphatic heterocycles. The summed E-state index contributed by atoms with van der Waals surface area (Å²) in [5.74, 6) is -1.16. The van der Waals surface area contributed by atoms with Gasteiger partial charge in [-0.3, -0.25) is 9.59 Å². The van der Waals surface area contributed by atoms with Gasteiger partial charge >= 0.3 is 0 Å². The molecule has 0 aromatic heterocycles. The lowest BCUT2D eigenvalue weighted by Gasteiger charge is -2.67. The molecule has 122 valence electrons. The largest absolute Gasteiger partial charge is 0.299 e. The number of piperidine rings is 1. The van der Waals surface area contributed by atoms with Crippen molar-refractivity contribution in [3.8, 4) is 0 Å². The first-order chi connectivity index (χ1) is 10.8. The van der Waals surface area contributed by atoms with Gasteiger partial charge in [0, 0.05) is 28.9 Å². The van der Waals surface area contributed by atoms with Crippen LogP contribution in [0.2, 0.25) is 5.02 Å². The molecule has 4 rings (SSSR count). The van der Waals surface area contributed by atoms with Gasteiger partial charge < -0.3 is 0 Å². The Bertz CT molecular complexity index is 819. The second-order valence-corrected chi connectivity index (χ2v) is 9.03. The summed E-state index contributed by atoms with van der Waals surface area (Å²) in [5.41, 5.74) is -0.299. The number of halogens is 1. The van der Waals surface area contributed by atoms with Crippen LogP contribution in [0.5, 0.6) is 0 Å². The summed E-state index contributed by atoms with van der Waals surface area (Å²) in [7, 11) is -3.73. The molecule has 7 heteroatoms. The van der Waals surface area contributed by atoms with Crippen molar-refractivity contribution in [2.24, 2.45) is 11.3 Å². The molecule has 1 heterocycles. The molecule has 2 aliphatic carbocycles. The third kappa shape index (κ3) is 1.80.